The van der Waals surface area contributed by atoms with Crippen molar-refractivity contribution in [3.8, 4) is 5.69 Å². The fourth-order valence-corrected chi connectivity index (χ4v) is 2.85. The molecule has 0 fully saturated rings. The molecule has 0 bridgehead atoms. The van der Waals surface area contributed by atoms with Crippen molar-refractivity contribution in [1.29, 1.82) is 0 Å². The van der Waals surface area contributed by atoms with Gasteiger partial charge in [0, 0.05) is 12.1 Å². The fourth-order valence-electron chi connectivity index (χ4n) is 2.85. The van der Waals surface area contributed by atoms with Gasteiger partial charge in [-0.2, -0.15) is 13.2 Å². The van der Waals surface area contributed by atoms with Gasteiger partial charge >= 0.3 is 6.18 Å². The van der Waals surface area contributed by atoms with Crippen LogP contribution in [-0.2, 0) is 6.18 Å². The molecule has 3 rings (SSSR count). The first-order valence-corrected chi connectivity index (χ1v) is 8.71. The first-order valence-electron chi connectivity index (χ1n) is 8.71. The molecule has 7 nitrogen and oxygen atoms in total. The Hall–Kier alpha value is -3.27. The Kier molecular flexibility index (Phi) is 5.92. The van der Waals surface area contributed by atoms with E-state index in [4.69, 9.17) is 0 Å². The molecule has 1 heterocycles. The number of aromatic nitrogens is 4. The molecular formula is C19H19F3N6O. The Labute approximate surface area is 165 Å². The van der Waals surface area contributed by atoms with Gasteiger partial charge in [-0.15, -0.1) is 5.10 Å². The summed E-state index contributed by atoms with van der Waals surface area (Å²) in [4.78, 5) is 14.4. The summed E-state index contributed by atoms with van der Waals surface area (Å²) < 4.78 is 39.8. The van der Waals surface area contributed by atoms with Crippen molar-refractivity contribution < 1.29 is 18.0 Å². The molecule has 1 N–H and O–H groups in total. The largest absolute Gasteiger partial charge is 0.416 e. The zero-order valence-corrected chi connectivity index (χ0v) is 15.8. The average molecular weight is 404 g/mol. The van der Waals surface area contributed by atoms with Crippen LogP contribution in [0.25, 0.3) is 5.69 Å². The fraction of sp³-hybridized carbons (Fsp3) is 0.263. The normalized spacial score (nSPS) is 12.8. The minimum absolute atomic E-state index is 0.228. The third-order valence-corrected chi connectivity index (χ3v) is 4.42. The van der Waals surface area contributed by atoms with Gasteiger partial charge in [0.25, 0.3) is 5.91 Å². The first kappa shape index (κ1) is 20.5. The van der Waals surface area contributed by atoms with Crippen molar-refractivity contribution >= 4 is 5.91 Å². The van der Waals surface area contributed by atoms with Crippen LogP contribution in [0.1, 0.15) is 27.5 Å². The van der Waals surface area contributed by atoms with E-state index in [0.29, 0.717) is 16.8 Å². The minimum atomic E-state index is -4.38. The molecule has 0 saturated carbocycles. The molecule has 0 aliphatic rings. The van der Waals surface area contributed by atoms with Crippen LogP contribution in [0.2, 0.25) is 0 Å². The minimum Gasteiger partial charge on any atom is -0.350 e. The van der Waals surface area contributed by atoms with Crippen molar-refractivity contribution in [3.63, 3.8) is 0 Å². The standard InChI is InChI=1S/C19H19F3N6O/c1-27(2)17(13-6-8-15(9-7-13)19(20,21)22)11-23-18(29)14-4-3-5-16(10-14)28-12-24-25-26-28/h3-10,12,17H,11H2,1-2H3,(H,23,29). The Morgan fingerprint density at radius 3 is 2.48 bits per heavy atom. The van der Waals surface area contributed by atoms with Gasteiger partial charge in [-0.3, -0.25) is 4.79 Å². The molecule has 0 aliphatic carbocycles. The van der Waals surface area contributed by atoms with Gasteiger partial charge in [-0.1, -0.05) is 18.2 Å². The molecule has 3 aromatic rings. The SMILES string of the molecule is CN(C)C(CNC(=O)c1cccc(-n2cnnn2)c1)c1ccc(C(F)(F)F)cc1. The third kappa shape index (κ3) is 4.96. The van der Waals surface area contributed by atoms with Crippen molar-refractivity contribution in [2.45, 2.75) is 12.2 Å². The molecule has 0 spiro atoms. The van der Waals surface area contributed by atoms with Crippen LogP contribution in [0.15, 0.2) is 54.9 Å². The molecule has 0 radical (unpaired) electrons. The molecule has 10 heteroatoms. The van der Waals surface area contributed by atoms with Crippen LogP contribution < -0.4 is 5.32 Å². The van der Waals surface area contributed by atoms with E-state index in [2.05, 4.69) is 20.8 Å². The van der Waals surface area contributed by atoms with Gasteiger partial charge < -0.3 is 10.2 Å². The highest BCUT2D eigenvalue weighted by Crippen LogP contribution is 2.30. The molecule has 1 atom stereocenters. The van der Waals surface area contributed by atoms with E-state index in [9.17, 15) is 18.0 Å². The zero-order chi connectivity index (χ0) is 21.0. The second kappa shape index (κ2) is 8.39. The second-order valence-corrected chi connectivity index (χ2v) is 6.61. The number of amides is 1. The van der Waals surface area contributed by atoms with Crippen LogP contribution in [-0.4, -0.2) is 51.7 Å². The van der Waals surface area contributed by atoms with Crippen LogP contribution in [0.3, 0.4) is 0 Å². The number of hydrogen-bond acceptors (Lipinski definition) is 5. The van der Waals surface area contributed by atoms with Gasteiger partial charge in [0.2, 0.25) is 0 Å². The maximum absolute atomic E-state index is 12.8. The number of carbonyl (C=O) groups is 1. The zero-order valence-electron chi connectivity index (χ0n) is 15.8. The maximum Gasteiger partial charge on any atom is 0.416 e. The van der Waals surface area contributed by atoms with E-state index in [1.807, 2.05) is 4.90 Å². The van der Waals surface area contributed by atoms with Crippen LogP contribution >= 0.6 is 0 Å². The van der Waals surface area contributed by atoms with Gasteiger partial charge in [-0.05, 0) is 60.4 Å². The number of hydrogen-bond donors (Lipinski definition) is 1. The highest BCUT2D eigenvalue weighted by molar-refractivity contribution is 5.94. The lowest BCUT2D eigenvalue weighted by Gasteiger charge is -2.25. The predicted molar refractivity (Wildman–Crippen MR) is 99.4 cm³/mol. The van der Waals surface area contributed by atoms with Crippen molar-refractivity contribution in [2.75, 3.05) is 20.6 Å². The van der Waals surface area contributed by atoms with E-state index in [1.165, 1.54) is 23.1 Å². The average Bonchev–Trinajstić information content (AvgIpc) is 3.22. The summed E-state index contributed by atoms with van der Waals surface area (Å²) in [5.41, 5.74) is 1.02. The van der Waals surface area contributed by atoms with Crippen molar-refractivity contribution in [2.24, 2.45) is 0 Å². The number of benzene rings is 2. The number of rotatable bonds is 6. The number of tetrazole rings is 1. The van der Waals surface area contributed by atoms with E-state index in [-0.39, 0.29) is 18.5 Å². The molecule has 1 amide bonds. The highest BCUT2D eigenvalue weighted by atomic mass is 19.4. The summed E-state index contributed by atoms with van der Waals surface area (Å²) in [5.74, 6) is -0.307. The quantitative estimate of drug-likeness (QED) is 0.684. The number of carbonyl (C=O) groups excluding carboxylic acids is 1. The summed E-state index contributed by atoms with van der Waals surface area (Å²) in [7, 11) is 3.60. The Morgan fingerprint density at radius 1 is 1.17 bits per heavy atom. The smallest absolute Gasteiger partial charge is 0.350 e. The van der Waals surface area contributed by atoms with Crippen LogP contribution in [0, 0.1) is 0 Å². The van der Waals surface area contributed by atoms with E-state index in [1.54, 1.807) is 38.4 Å². The van der Waals surface area contributed by atoms with Gasteiger partial charge in [0.05, 0.1) is 17.3 Å². The molecule has 1 unspecified atom stereocenters. The molecule has 152 valence electrons. The van der Waals surface area contributed by atoms with Gasteiger partial charge in [-0.25, -0.2) is 4.68 Å². The molecular weight excluding hydrogens is 385 g/mol. The van der Waals surface area contributed by atoms with Crippen molar-refractivity contribution in [3.05, 3.63) is 71.5 Å². The highest BCUT2D eigenvalue weighted by Gasteiger charge is 2.30. The van der Waals surface area contributed by atoms with E-state index in [0.717, 1.165) is 12.1 Å². The Morgan fingerprint density at radius 2 is 1.90 bits per heavy atom. The summed E-state index contributed by atoms with van der Waals surface area (Å²) in [6.07, 6.45) is -2.96. The summed E-state index contributed by atoms with van der Waals surface area (Å²) in [6, 6.07) is 11.4. The number of likely N-dealkylation sites (N-methyl/N-ethyl adjacent to an activating group) is 1. The Bertz CT molecular complexity index is 955. The van der Waals surface area contributed by atoms with Crippen LogP contribution in [0.5, 0.6) is 0 Å². The Balaban J connectivity index is 1.71. The van der Waals surface area contributed by atoms with Gasteiger partial charge in [0.15, 0.2) is 0 Å². The second-order valence-electron chi connectivity index (χ2n) is 6.61. The van der Waals surface area contributed by atoms with Crippen LogP contribution in [0.4, 0.5) is 13.2 Å². The predicted octanol–water partition coefficient (Wildman–Crippen LogP) is 2.71. The van der Waals surface area contributed by atoms with E-state index < -0.39 is 11.7 Å². The topological polar surface area (TPSA) is 75.9 Å². The molecule has 2 aromatic carbocycles. The van der Waals surface area contributed by atoms with E-state index >= 15 is 0 Å². The molecule has 0 saturated heterocycles. The molecule has 1 aromatic heterocycles. The number of alkyl halides is 3. The molecule has 0 aliphatic heterocycles. The van der Waals surface area contributed by atoms with Crippen molar-refractivity contribution in [1.82, 2.24) is 30.4 Å². The lowest BCUT2D eigenvalue weighted by atomic mass is 10.0. The summed E-state index contributed by atoms with van der Waals surface area (Å²) in [6.45, 7) is 0.228. The molecule has 29 heavy (non-hydrogen) atoms. The third-order valence-electron chi connectivity index (χ3n) is 4.42. The maximum atomic E-state index is 12.8. The van der Waals surface area contributed by atoms with Gasteiger partial charge in [0.1, 0.15) is 6.33 Å². The first-order chi connectivity index (χ1) is 13.8. The number of nitrogens with zero attached hydrogens (tertiary/aromatic N) is 5. The monoisotopic (exact) mass is 404 g/mol. The number of halogens is 3. The lowest BCUT2D eigenvalue weighted by Crippen LogP contribution is -2.34. The number of nitrogens with one attached hydrogen (secondary N) is 1. The summed E-state index contributed by atoms with van der Waals surface area (Å²) >= 11 is 0. The lowest BCUT2D eigenvalue weighted by molar-refractivity contribution is -0.137. The summed E-state index contributed by atoms with van der Waals surface area (Å²) in [5, 5.41) is 13.7.